The summed E-state index contributed by atoms with van der Waals surface area (Å²) in [6, 6.07) is 4.43. The van der Waals surface area contributed by atoms with Crippen LogP contribution in [0.5, 0.6) is 11.6 Å². The number of hydrogen-bond donors (Lipinski definition) is 1. The summed E-state index contributed by atoms with van der Waals surface area (Å²) in [5.41, 5.74) is 1.08. The van der Waals surface area contributed by atoms with Gasteiger partial charge in [-0.05, 0) is 63.7 Å². The first-order chi connectivity index (χ1) is 13.8. The molecule has 0 amide bonds. The summed E-state index contributed by atoms with van der Waals surface area (Å²) in [7, 11) is 1.67. The molecule has 1 aliphatic carbocycles. The van der Waals surface area contributed by atoms with Gasteiger partial charge in [0.25, 0.3) is 5.88 Å². The molecule has 28 heavy (non-hydrogen) atoms. The second-order valence-corrected chi connectivity index (χ2v) is 7.56. The van der Waals surface area contributed by atoms with Gasteiger partial charge < -0.3 is 19.7 Å². The SMILES string of the molecule is COc1ccc(N(Cc2cncnc2)C2CCNCC2)nc1OC1CCCC1. The lowest BCUT2D eigenvalue weighted by molar-refractivity contribution is 0.192. The second-order valence-electron chi connectivity index (χ2n) is 7.56. The Morgan fingerprint density at radius 1 is 1.07 bits per heavy atom. The summed E-state index contributed by atoms with van der Waals surface area (Å²) >= 11 is 0. The van der Waals surface area contributed by atoms with Crippen LogP contribution in [0.15, 0.2) is 30.9 Å². The third kappa shape index (κ3) is 4.52. The van der Waals surface area contributed by atoms with Crippen LogP contribution in [0.1, 0.15) is 44.1 Å². The van der Waals surface area contributed by atoms with Gasteiger partial charge in [-0.15, -0.1) is 0 Å². The zero-order chi connectivity index (χ0) is 19.2. The van der Waals surface area contributed by atoms with Crippen LogP contribution >= 0.6 is 0 Å². The quantitative estimate of drug-likeness (QED) is 0.788. The number of aromatic nitrogens is 3. The summed E-state index contributed by atoms with van der Waals surface area (Å²) in [6.07, 6.45) is 12.4. The van der Waals surface area contributed by atoms with Crippen molar-refractivity contribution in [1.29, 1.82) is 0 Å². The number of nitrogens with one attached hydrogen (secondary N) is 1. The molecule has 1 aliphatic heterocycles. The molecule has 0 unspecified atom stereocenters. The van der Waals surface area contributed by atoms with Gasteiger partial charge in [-0.3, -0.25) is 0 Å². The molecular weight excluding hydrogens is 354 g/mol. The van der Waals surface area contributed by atoms with E-state index in [-0.39, 0.29) is 6.10 Å². The van der Waals surface area contributed by atoms with Gasteiger partial charge in [0.1, 0.15) is 18.2 Å². The normalized spacial score (nSPS) is 18.2. The third-order valence-corrected chi connectivity index (χ3v) is 5.62. The smallest absolute Gasteiger partial charge is 0.259 e. The van der Waals surface area contributed by atoms with Crippen LogP contribution in [0.2, 0.25) is 0 Å². The van der Waals surface area contributed by atoms with E-state index in [1.165, 1.54) is 12.8 Å². The molecular formula is C21H29N5O2. The van der Waals surface area contributed by atoms with Crippen molar-refractivity contribution in [3.8, 4) is 11.6 Å². The molecule has 4 rings (SSSR count). The molecule has 0 radical (unpaired) electrons. The molecule has 150 valence electrons. The van der Waals surface area contributed by atoms with E-state index in [9.17, 15) is 0 Å². The highest BCUT2D eigenvalue weighted by atomic mass is 16.5. The Morgan fingerprint density at radius 2 is 1.82 bits per heavy atom. The van der Waals surface area contributed by atoms with E-state index in [0.717, 1.165) is 56.7 Å². The minimum absolute atomic E-state index is 0.242. The molecule has 0 aromatic carbocycles. The Balaban J connectivity index is 1.62. The average molecular weight is 383 g/mol. The number of rotatable bonds is 7. The standard InChI is InChI=1S/C21H29N5O2/c1-27-19-6-7-20(25-21(19)28-18-4-2-3-5-18)26(17-8-10-22-11-9-17)14-16-12-23-15-24-13-16/h6-7,12-13,15,17-18,22H,2-5,8-11,14H2,1H3. The van der Waals surface area contributed by atoms with Crippen molar-refractivity contribution in [3.05, 3.63) is 36.4 Å². The van der Waals surface area contributed by atoms with Crippen molar-refractivity contribution < 1.29 is 9.47 Å². The largest absolute Gasteiger partial charge is 0.491 e. The molecule has 1 saturated carbocycles. The molecule has 0 bridgehead atoms. The van der Waals surface area contributed by atoms with Gasteiger partial charge in [0.15, 0.2) is 5.75 Å². The van der Waals surface area contributed by atoms with E-state index in [1.54, 1.807) is 13.4 Å². The van der Waals surface area contributed by atoms with Crippen molar-refractivity contribution in [1.82, 2.24) is 20.3 Å². The Morgan fingerprint density at radius 3 is 2.54 bits per heavy atom. The van der Waals surface area contributed by atoms with Gasteiger partial charge in [0, 0.05) is 30.5 Å². The van der Waals surface area contributed by atoms with Crippen LogP contribution in [0.4, 0.5) is 5.82 Å². The lowest BCUT2D eigenvalue weighted by atomic mass is 10.0. The number of nitrogens with zero attached hydrogens (tertiary/aromatic N) is 4. The Kier molecular flexibility index (Phi) is 6.21. The monoisotopic (exact) mass is 383 g/mol. The van der Waals surface area contributed by atoms with E-state index in [0.29, 0.717) is 17.7 Å². The Hall–Kier alpha value is -2.41. The first kappa shape index (κ1) is 18.9. The third-order valence-electron chi connectivity index (χ3n) is 5.62. The fraction of sp³-hybridized carbons (Fsp3) is 0.571. The van der Waals surface area contributed by atoms with E-state index >= 15 is 0 Å². The maximum Gasteiger partial charge on any atom is 0.259 e. The molecule has 7 heteroatoms. The van der Waals surface area contributed by atoms with Gasteiger partial charge in [-0.1, -0.05) is 0 Å². The fourth-order valence-electron chi connectivity index (χ4n) is 4.11. The van der Waals surface area contributed by atoms with Crippen molar-refractivity contribution in [2.24, 2.45) is 0 Å². The van der Waals surface area contributed by atoms with Crippen LogP contribution in [0.25, 0.3) is 0 Å². The molecule has 2 fully saturated rings. The van der Waals surface area contributed by atoms with Gasteiger partial charge >= 0.3 is 0 Å². The number of methoxy groups -OCH3 is 1. The second kappa shape index (κ2) is 9.19. The Labute approximate surface area is 166 Å². The zero-order valence-electron chi connectivity index (χ0n) is 16.5. The number of anilines is 1. The Bertz CT molecular complexity index is 746. The molecule has 2 aromatic rings. The van der Waals surface area contributed by atoms with E-state index in [2.05, 4.69) is 20.2 Å². The summed E-state index contributed by atoms with van der Waals surface area (Å²) in [5.74, 6) is 2.23. The van der Waals surface area contributed by atoms with Crippen molar-refractivity contribution >= 4 is 5.82 Å². The number of ether oxygens (including phenoxy) is 2. The minimum atomic E-state index is 0.242. The van der Waals surface area contributed by atoms with Gasteiger partial charge in [0.05, 0.1) is 7.11 Å². The number of hydrogen-bond acceptors (Lipinski definition) is 7. The minimum Gasteiger partial charge on any atom is -0.491 e. The van der Waals surface area contributed by atoms with E-state index < -0.39 is 0 Å². The fourth-order valence-corrected chi connectivity index (χ4v) is 4.11. The zero-order valence-corrected chi connectivity index (χ0v) is 16.5. The molecule has 7 nitrogen and oxygen atoms in total. The van der Waals surface area contributed by atoms with Crippen LogP contribution < -0.4 is 19.7 Å². The maximum atomic E-state index is 6.23. The van der Waals surface area contributed by atoms with Crippen LogP contribution in [0.3, 0.4) is 0 Å². The van der Waals surface area contributed by atoms with Gasteiger partial charge in [-0.25, -0.2) is 9.97 Å². The summed E-state index contributed by atoms with van der Waals surface area (Å²) in [4.78, 5) is 15.6. The molecule has 0 spiro atoms. The molecule has 3 heterocycles. The predicted molar refractivity (Wildman–Crippen MR) is 108 cm³/mol. The van der Waals surface area contributed by atoms with Crippen LogP contribution in [-0.2, 0) is 6.54 Å². The van der Waals surface area contributed by atoms with Crippen LogP contribution in [0, 0.1) is 0 Å². The van der Waals surface area contributed by atoms with Gasteiger partial charge in [-0.2, -0.15) is 4.98 Å². The lowest BCUT2D eigenvalue weighted by Gasteiger charge is -2.35. The molecule has 1 saturated heterocycles. The maximum absolute atomic E-state index is 6.23. The summed E-state index contributed by atoms with van der Waals surface area (Å²) in [5, 5.41) is 3.45. The van der Waals surface area contributed by atoms with Crippen molar-refractivity contribution in [2.45, 2.75) is 57.2 Å². The first-order valence-corrected chi connectivity index (χ1v) is 10.3. The number of piperidine rings is 1. The van der Waals surface area contributed by atoms with Crippen molar-refractivity contribution in [3.63, 3.8) is 0 Å². The van der Waals surface area contributed by atoms with E-state index in [4.69, 9.17) is 14.5 Å². The molecule has 1 N–H and O–H groups in total. The molecule has 2 aromatic heterocycles. The predicted octanol–water partition coefficient (Wildman–Crippen LogP) is 2.96. The highest BCUT2D eigenvalue weighted by molar-refractivity contribution is 5.48. The number of pyridine rings is 1. The highest BCUT2D eigenvalue weighted by Gasteiger charge is 2.25. The first-order valence-electron chi connectivity index (χ1n) is 10.3. The molecule has 0 atom stereocenters. The summed E-state index contributed by atoms with van der Waals surface area (Å²) in [6.45, 7) is 2.77. The molecule has 2 aliphatic rings. The van der Waals surface area contributed by atoms with Crippen LogP contribution in [-0.4, -0.2) is 47.3 Å². The average Bonchev–Trinajstić information content (AvgIpc) is 3.26. The van der Waals surface area contributed by atoms with Crippen molar-refractivity contribution in [2.75, 3.05) is 25.1 Å². The lowest BCUT2D eigenvalue weighted by Crippen LogP contribution is -2.43. The van der Waals surface area contributed by atoms with E-state index in [1.807, 2.05) is 24.5 Å². The highest BCUT2D eigenvalue weighted by Crippen LogP contribution is 2.33. The summed E-state index contributed by atoms with van der Waals surface area (Å²) < 4.78 is 11.7. The van der Waals surface area contributed by atoms with Gasteiger partial charge in [0.2, 0.25) is 0 Å². The topological polar surface area (TPSA) is 72.4 Å².